The summed E-state index contributed by atoms with van der Waals surface area (Å²) in [6.07, 6.45) is 2.33. The molecule has 324 valence electrons. The fourth-order valence-electron chi connectivity index (χ4n) is 10.5. The molecule has 6 saturated heterocycles. The van der Waals surface area contributed by atoms with Gasteiger partial charge in [-0.25, -0.2) is 9.59 Å². The van der Waals surface area contributed by atoms with Crippen LogP contribution >= 0.6 is 0 Å². The standard InChI is InChI=1S/C42H62BO15.Na/c1-22-16-18-33-39(6,7)31(45)14-10-12-27-20-29(24(3)48-27)51-38(47)36-42-23(2)17-19-34(54-42)40(8,9)32(50-26(5)44)15-11-13-28-21-30(25(4)49-28)52-37(46)35-41(22,53-33)57-43(55-35,56-36)58-42;/h10-13,22-25,27-36,45H,14-21H2,1-9H3;/q-1;+1/b12-10-,13-11-;/t22-,23-,24-,25-,27-,28-,29+,30+,31-,32-,33+,34+,35+,36+,41+,42+,43?;/m1./s1. The van der Waals surface area contributed by atoms with E-state index in [0.29, 0.717) is 51.4 Å². The fraction of sp³-hybridized carbons (Fsp3) is 0.833. The number of rotatable bonds is 1. The molecule has 0 amide bonds. The van der Waals surface area contributed by atoms with Crippen molar-refractivity contribution in [1.29, 1.82) is 0 Å². The van der Waals surface area contributed by atoms with E-state index in [4.69, 9.17) is 51.8 Å². The Morgan fingerprint density at radius 1 is 0.729 bits per heavy atom. The third-order valence-corrected chi connectivity index (χ3v) is 14.5. The van der Waals surface area contributed by atoms with Gasteiger partial charge in [0.2, 0.25) is 0 Å². The van der Waals surface area contributed by atoms with Gasteiger partial charge in [-0.15, -0.1) is 0 Å². The normalized spacial score (nSPS) is 50.1. The Morgan fingerprint density at radius 3 is 1.66 bits per heavy atom. The van der Waals surface area contributed by atoms with Crippen LogP contribution in [0.5, 0.6) is 0 Å². The first-order valence-electron chi connectivity index (χ1n) is 21.4. The Morgan fingerprint density at radius 2 is 1.19 bits per heavy atom. The SMILES string of the molecule is CC(=O)O[C@@H]1C/C=C\[C@@H]2C[C@H](OC(=O)[C@@H]3O[B-]45O[C@@H](C(=O)O[C@H]6C[C@@H](/C=C\C[C@@H](O)C(C)(C)[C@@H]7CC[C@@H](C)[C@]3(O7)O4)O[C@@H]6C)[C@@]3(O[C@@H](CC[C@H]3C)C1(C)C)O5)[C@@H](C)O2.[Na+]. The zero-order valence-electron chi connectivity index (χ0n) is 36.3. The molecule has 0 radical (unpaired) electrons. The van der Waals surface area contributed by atoms with E-state index in [1.165, 1.54) is 6.92 Å². The molecule has 11 bridgehead atoms. The van der Waals surface area contributed by atoms with Gasteiger partial charge in [0.1, 0.15) is 18.3 Å². The summed E-state index contributed by atoms with van der Waals surface area (Å²) in [5.74, 6) is -6.61. The number of aliphatic hydroxyl groups excluding tert-OH is 1. The molecule has 8 rings (SSSR count). The molecule has 1 N–H and O–H groups in total. The van der Waals surface area contributed by atoms with Gasteiger partial charge in [-0.3, -0.25) is 4.79 Å². The van der Waals surface area contributed by atoms with Gasteiger partial charge < -0.3 is 56.9 Å². The molecule has 0 aromatic rings. The first kappa shape index (κ1) is 45.6. The van der Waals surface area contributed by atoms with Gasteiger partial charge >= 0.3 is 54.4 Å². The third-order valence-electron chi connectivity index (χ3n) is 14.5. The Kier molecular flexibility index (Phi) is 12.8. The van der Waals surface area contributed by atoms with Crippen molar-refractivity contribution in [1.82, 2.24) is 0 Å². The summed E-state index contributed by atoms with van der Waals surface area (Å²) in [6.45, 7) is 13.2. The molecule has 8 aliphatic rings. The van der Waals surface area contributed by atoms with Crippen LogP contribution in [-0.2, 0) is 66.2 Å². The summed E-state index contributed by atoms with van der Waals surface area (Å²) in [6, 6.07) is 0. The van der Waals surface area contributed by atoms with Gasteiger partial charge in [0.25, 0.3) is 0 Å². The van der Waals surface area contributed by atoms with Crippen LogP contribution in [0.25, 0.3) is 0 Å². The molecule has 8 heterocycles. The number of ether oxygens (including phenoxy) is 7. The number of aliphatic hydroxyl groups is 1. The van der Waals surface area contributed by atoms with Crippen LogP contribution in [0.3, 0.4) is 0 Å². The molecule has 3 spiro atoms. The van der Waals surface area contributed by atoms with Crippen LogP contribution in [0.15, 0.2) is 24.3 Å². The van der Waals surface area contributed by atoms with E-state index in [0.717, 1.165) is 0 Å². The number of hydrogen-bond donors (Lipinski definition) is 1. The first-order valence-corrected chi connectivity index (χ1v) is 21.4. The molecule has 0 saturated carbocycles. The van der Waals surface area contributed by atoms with E-state index in [2.05, 4.69) is 0 Å². The van der Waals surface area contributed by atoms with Crippen molar-refractivity contribution >= 4 is 24.9 Å². The zero-order chi connectivity index (χ0) is 41.6. The van der Waals surface area contributed by atoms with Crippen LogP contribution in [0, 0.1) is 22.7 Å². The Labute approximate surface area is 369 Å². The average Bonchev–Trinajstić information content (AvgIpc) is 3.87. The molecule has 59 heavy (non-hydrogen) atoms. The van der Waals surface area contributed by atoms with Crippen molar-refractivity contribution in [2.45, 2.75) is 199 Å². The van der Waals surface area contributed by atoms with Crippen molar-refractivity contribution in [2.75, 3.05) is 0 Å². The molecule has 0 aliphatic carbocycles. The van der Waals surface area contributed by atoms with E-state index in [1.807, 2.05) is 79.7 Å². The van der Waals surface area contributed by atoms with E-state index >= 15 is 0 Å². The molecular weight excluding hydrogens is 778 g/mol. The maximum Gasteiger partial charge on any atom is 1.00 e. The summed E-state index contributed by atoms with van der Waals surface area (Å²) >= 11 is 0. The molecule has 17 atom stereocenters. The summed E-state index contributed by atoms with van der Waals surface area (Å²) in [5, 5.41) is 11.7. The van der Waals surface area contributed by atoms with Gasteiger partial charge in [-0.05, 0) is 46.0 Å². The molecule has 0 aromatic carbocycles. The minimum atomic E-state index is -3.46. The quantitative estimate of drug-likeness (QED) is 0.175. The van der Waals surface area contributed by atoms with E-state index in [1.54, 1.807) is 0 Å². The number of carbonyl (C=O) groups excluding carboxylic acids is 3. The van der Waals surface area contributed by atoms with Crippen LogP contribution in [0.4, 0.5) is 0 Å². The predicted molar refractivity (Wildman–Crippen MR) is 204 cm³/mol. The van der Waals surface area contributed by atoms with Crippen molar-refractivity contribution in [3.63, 3.8) is 0 Å². The minimum Gasteiger partial charge on any atom is -0.504 e. The van der Waals surface area contributed by atoms with Crippen molar-refractivity contribution < 1.29 is 101 Å². The van der Waals surface area contributed by atoms with Gasteiger partial charge in [0, 0.05) is 48.9 Å². The second-order valence-electron chi connectivity index (χ2n) is 19.2. The van der Waals surface area contributed by atoms with Crippen LogP contribution < -0.4 is 29.6 Å². The number of carbonyl (C=O) groups is 3. The van der Waals surface area contributed by atoms with Crippen molar-refractivity contribution in [3.8, 4) is 0 Å². The largest absolute Gasteiger partial charge is 1.00 e. The van der Waals surface area contributed by atoms with Crippen LogP contribution in [-0.4, -0.2) is 115 Å². The zero-order valence-corrected chi connectivity index (χ0v) is 38.3. The number of hydrogen-bond acceptors (Lipinski definition) is 15. The Balaban J connectivity index is 0.00000528. The van der Waals surface area contributed by atoms with Gasteiger partial charge in [-0.1, -0.05) is 65.8 Å². The van der Waals surface area contributed by atoms with E-state index < -0.39 is 120 Å². The minimum absolute atomic E-state index is 0. The molecular formula is C42H62BNaO15. The smallest absolute Gasteiger partial charge is 0.504 e. The molecule has 6 fully saturated rings. The van der Waals surface area contributed by atoms with E-state index in [-0.39, 0.29) is 41.8 Å². The topological polar surface area (TPSA) is 173 Å². The summed E-state index contributed by atoms with van der Waals surface area (Å²) in [4.78, 5) is 42.0. The van der Waals surface area contributed by atoms with Crippen LogP contribution in [0.2, 0.25) is 0 Å². The first-order chi connectivity index (χ1) is 27.3. The summed E-state index contributed by atoms with van der Waals surface area (Å²) < 4.78 is 72.2. The monoisotopic (exact) mass is 840 g/mol. The van der Waals surface area contributed by atoms with Crippen molar-refractivity contribution in [2.24, 2.45) is 22.7 Å². The molecule has 15 nitrogen and oxygen atoms in total. The van der Waals surface area contributed by atoms with Gasteiger partial charge in [-0.2, -0.15) is 0 Å². The average molecular weight is 841 g/mol. The Bertz CT molecular complexity index is 1670. The Hall–Kier alpha value is -1.41. The van der Waals surface area contributed by atoms with Crippen LogP contribution in [0.1, 0.15) is 114 Å². The number of fused-ring (bicyclic) bond motifs is 8. The third kappa shape index (κ3) is 8.07. The van der Waals surface area contributed by atoms with Gasteiger partial charge in [0.15, 0.2) is 23.8 Å². The maximum absolute atomic E-state index is 14.7. The fourth-order valence-corrected chi connectivity index (χ4v) is 10.5. The van der Waals surface area contributed by atoms with Crippen molar-refractivity contribution in [3.05, 3.63) is 24.3 Å². The maximum atomic E-state index is 14.7. The second kappa shape index (κ2) is 16.6. The molecule has 1 unspecified atom stereocenters. The molecule has 17 heteroatoms. The number of esters is 3. The van der Waals surface area contributed by atoms with E-state index in [9.17, 15) is 19.5 Å². The molecule has 8 aliphatic heterocycles. The summed E-state index contributed by atoms with van der Waals surface area (Å²) in [5.41, 5.74) is -1.66. The van der Waals surface area contributed by atoms with Gasteiger partial charge in [0.05, 0.1) is 42.7 Å². The predicted octanol–water partition coefficient (Wildman–Crippen LogP) is 1.72. The summed E-state index contributed by atoms with van der Waals surface area (Å²) in [7, 11) is 0. The molecule has 0 aromatic heterocycles. The second-order valence-corrected chi connectivity index (χ2v) is 19.2.